The minimum absolute atomic E-state index is 0.0706. The largest absolute Gasteiger partial charge is 0.395 e. The molecule has 0 radical (unpaired) electrons. The van der Waals surface area contributed by atoms with Crippen LogP contribution in [-0.2, 0) is 4.79 Å². The molecular weight excluding hydrogens is 178 g/mol. The molecule has 0 saturated heterocycles. The van der Waals surface area contributed by atoms with Gasteiger partial charge in [-0.15, -0.1) is 0 Å². The highest BCUT2D eigenvalue weighted by molar-refractivity contribution is 5.83. The van der Waals surface area contributed by atoms with Crippen LogP contribution in [0.1, 0.15) is 11.5 Å². The average molecular weight is 193 g/mol. The van der Waals surface area contributed by atoms with Crippen LogP contribution in [0.15, 0.2) is 30.3 Å². The van der Waals surface area contributed by atoms with E-state index >= 15 is 0 Å². The first-order chi connectivity index (χ1) is 6.66. The lowest BCUT2D eigenvalue weighted by Gasteiger charge is -2.18. The van der Waals surface area contributed by atoms with Crippen LogP contribution >= 0.6 is 0 Å². The van der Waals surface area contributed by atoms with Gasteiger partial charge in [0.15, 0.2) is 0 Å². The molecule has 1 amide bonds. The van der Waals surface area contributed by atoms with Crippen molar-refractivity contribution in [3.63, 3.8) is 0 Å². The summed E-state index contributed by atoms with van der Waals surface area (Å²) in [6, 6.07) is 9.31. The Morgan fingerprint density at radius 2 is 1.93 bits per heavy atom. The number of aliphatic hydroxyl groups is 1. The van der Waals surface area contributed by atoms with Crippen LogP contribution in [0.3, 0.4) is 0 Å². The van der Waals surface area contributed by atoms with Crippen molar-refractivity contribution in [1.29, 1.82) is 0 Å². The first kappa shape index (κ1) is 10.7. The van der Waals surface area contributed by atoms with Crippen molar-refractivity contribution in [2.75, 3.05) is 20.7 Å². The lowest BCUT2D eigenvalue weighted by molar-refractivity contribution is -0.131. The highest BCUT2D eigenvalue weighted by atomic mass is 16.3. The summed E-state index contributed by atoms with van der Waals surface area (Å²) in [7, 11) is 3.38. The summed E-state index contributed by atoms with van der Waals surface area (Å²) < 4.78 is 0. The molecule has 3 heteroatoms. The summed E-state index contributed by atoms with van der Waals surface area (Å²) in [5.41, 5.74) is 0.855. The highest BCUT2D eigenvalue weighted by Crippen LogP contribution is 2.16. The second kappa shape index (κ2) is 4.77. The number of likely N-dealkylation sites (N-methyl/N-ethyl adjacent to an activating group) is 1. The number of amides is 1. The molecule has 0 heterocycles. The number of carbonyl (C=O) groups is 1. The quantitative estimate of drug-likeness (QED) is 0.773. The van der Waals surface area contributed by atoms with Crippen molar-refractivity contribution < 1.29 is 9.90 Å². The standard InChI is InChI=1S/C11H15NO2/c1-12(2)11(14)10(8-13)9-6-4-3-5-7-9/h3-7,10,13H,8H2,1-2H3/t10-/m0/s1. The van der Waals surface area contributed by atoms with Crippen molar-refractivity contribution >= 4 is 5.91 Å². The fraction of sp³-hybridized carbons (Fsp3) is 0.364. The molecule has 1 aromatic carbocycles. The Morgan fingerprint density at radius 1 is 1.36 bits per heavy atom. The van der Waals surface area contributed by atoms with E-state index in [4.69, 9.17) is 5.11 Å². The fourth-order valence-electron chi connectivity index (χ4n) is 1.32. The lowest BCUT2D eigenvalue weighted by Crippen LogP contribution is -2.30. The predicted octanol–water partition coefficient (Wildman–Crippen LogP) is 0.851. The van der Waals surface area contributed by atoms with Crippen LogP contribution in [0.25, 0.3) is 0 Å². The minimum Gasteiger partial charge on any atom is -0.395 e. The van der Waals surface area contributed by atoms with Gasteiger partial charge in [0.1, 0.15) is 0 Å². The van der Waals surface area contributed by atoms with Gasteiger partial charge in [0.05, 0.1) is 12.5 Å². The van der Waals surface area contributed by atoms with E-state index in [0.717, 1.165) is 5.56 Å². The van der Waals surface area contributed by atoms with Crippen LogP contribution in [0.4, 0.5) is 0 Å². The van der Waals surface area contributed by atoms with Gasteiger partial charge >= 0.3 is 0 Å². The average Bonchev–Trinajstić information content (AvgIpc) is 2.20. The Balaban J connectivity index is 2.88. The zero-order valence-corrected chi connectivity index (χ0v) is 8.47. The molecular formula is C11H15NO2. The summed E-state index contributed by atoms with van der Waals surface area (Å²) in [5.74, 6) is -0.509. The van der Waals surface area contributed by atoms with Crippen LogP contribution in [0.5, 0.6) is 0 Å². The molecule has 1 aromatic rings. The molecule has 3 nitrogen and oxygen atoms in total. The SMILES string of the molecule is CN(C)C(=O)[C@@H](CO)c1ccccc1. The number of benzene rings is 1. The second-order valence-electron chi connectivity index (χ2n) is 3.38. The number of rotatable bonds is 3. The fourth-order valence-corrected chi connectivity index (χ4v) is 1.32. The van der Waals surface area contributed by atoms with Crippen molar-refractivity contribution in [2.45, 2.75) is 5.92 Å². The van der Waals surface area contributed by atoms with E-state index in [1.807, 2.05) is 30.3 Å². The molecule has 0 spiro atoms. The second-order valence-corrected chi connectivity index (χ2v) is 3.38. The molecule has 0 aliphatic rings. The smallest absolute Gasteiger partial charge is 0.231 e. The number of hydrogen-bond acceptors (Lipinski definition) is 2. The van der Waals surface area contributed by atoms with E-state index in [1.54, 1.807) is 14.1 Å². The van der Waals surface area contributed by atoms with E-state index in [2.05, 4.69) is 0 Å². The number of nitrogens with zero attached hydrogens (tertiary/aromatic N) is 1. The van der Waals surface area contributed by atoms with Gasteiger partial charge in [0.2, 0.25) is 5.91 Å². The molecule has 1 atom stereocenters. The molecule has 0 bridgehead atoms. The van der Waals surface area contributed by atoms with Gasteiger partial charge in [-0.2, -0.15) is 0 Å². The molecule has 76 valence electrons. The Kier molecular flexibility index (Phi) is 3.65. The van der Waals surface area contributed by atoms with Crippen LogP contribution in [0, 0.1) is 0 Å². The van der Waals surface area contributed by atoms with Crippen molar-refractivity contribution in [1.82, 2.24) is 4.90 Å². The minimum atomic E-state index is -0.439. The first-order valence-corrected chi connectivity index (χ1v) is 4.53. The van der Waals surface area contributed by atoms with E-state index < -0.39 is 5.92 Å². The third kappa shape index (κ3) is 2.33. The van der Waals surface area contributed by atoms with E-state index in [-0.39, 0.29) is 12.5 Å². The first-order valence-electron chi connectivity index (χ1n) is 4.53. The maximum atomic E-state index is 11.6. The van der Waals surface area contributed by atoms with Crippen LogP contribution < -0.4 is 0 Å². The van der Waals surface area contributed by atoms with Crippen LogP contribution in [0.2, 0.25) is 0 Å². The normalized spacial score (nSPS) is 12.2. The molecule has 1 rings (SSSR count). The maximum Gasteiger partial charge on any atom is 0.231 e. The van der Waals surface area contributed by atoms with Gasteiger partial charge in [-0.25, -0.2) is 0 Å². The lowest BCUT2D eigenvalue weighted by atomic mass is 9.99. The molecule has 0 aliphatic carbocycles. The molecule has 14 heavy (non-hydrogen) atoms. The van der Waals surface area contributed by atoms with Crippen molar-refractivity contribution in [3.05, 3.63) is 35.9 Å². The molecule has 1 N–H and O–H groups in total. The molecule has 0 fully saturated rings. The summed E-state index contributed by atoms with van der Waals surface area (Å²) in [4.78, 5) is 13.1. The van der Waals surface area contributed by atoms with Gasteiger partial charge < -0.3 is 10.0 Å². The Hall–Kier alpha value is -1.35. The highest BCUT2D eigenvalue weighted by Gasteiger charge is 2.20. The zero-order valence-electron chi connectivity index (χ0n) is 8.47. The maximum absolute atomic E-state index is 11.6. The van der Waals surface area contributed by atoms with Gasteiger partial charge in [0.25, 0.3) is 0 Å². The third-order valence-electron chi connectivity index (χ3n) is 2.12. The van der Waals surface area contributed by atoms with E-state index in [1.165, 1.54) is 4.90 Å². The van der Waals surface area contributed by atoms with Gasteiger partial charge in [-0.3, -0.25) is 4.79 Å². The Bertz CT molecular complexity index is 295. The zero-order chi connectivity index (χ0) is 10.6. The number of carbonyl (C=O) groups excluding carboxylic acids is 1. The number of aliphatic hydroxyl groups excluding tert-OH is 1. The topological polar surface area (TPSA) is 40.5 Å². The monoisotopic (exact) mass is 193 g/mol. The summed E-state index contributed by atoms with van der Waals surface area (Å²) in [6.45, 7) is -0.152. The predicted molar refractivity (Wildman–Crippen MR) is 55.0 cm³/mol. The van der Waals surface area contributed by atoms with Gasteiger partial charge in [-0.1, -0.05) is 30.3 Å². The van der Waals surface area contributed by atoms with E-state index in [0.29, 0.717) is 0 Å². The van der Waals surface area contributed by atoms with Crippen molar-refractivity contribution in [2.24, 2.45) is 0 Å². The molecule has 0 saturated carbocycles. The summed E-state index contributed by atoms with van der Waals surface area (Å²) >= 11 is 0. The Labute approximate surface area is 84.0 Å². The van der Waals surface area contributed by atoms with Crippen molar-refractivity contribution in [3.8, 4) is 0 Å². The van der Waals surface area contributed by atoms with Gasteiger partial charge in [-0.05, 0) is 5.56 Å². The summed E-state index contributed by atoms with van der Waals surface area (Å²) in [5, 5.41) is 9.15. The van der Waals surface area contributed by atoms with E-state index in [9.17, 15) is 4.79 Å². The molecule has 0 unspecified atom stereocenters. The molecule has 0 aromatic heterocycles. The van der Waals surface area contributed by atoms with Gasteiger partial charge in [0, 0.05) is 14.1 Å². The Morgan fingerprint density at radius 3 is 2.36 bits per heavy atom. The summed E-state index contributed by atoms with van der Waals surface area (Å²) in [6.07, 6.45) is 0. The molecule has 0 aliphatic heterocycles. The van der Waals surface area contributed by atoms with Crippen LogP contribution in [-0.4, -0.2) is 36.6 Å². The third-order valence-corrected chi connectivity index (χ3v) is 2.12. The number of hydrogen-bond donors (Lipinski definition) is 1.